The molecule has 0 radical (unpaired) electrons. The van der Waals surface area contributed by atoms with Crippen LogP contribution in [0.3, 0.4) is 0 Å². The summed E-state index contributed by atoms with van der Waals surface area (Å²) in [4.78, 5) is 30.8. The zero-order valence-electron chi connectivity index (χ0n) is 10.9. The Bertz CT molecular complexity index is 628. The van der Waals surface area contributed by atoms with Gasteiger partial charge in [-0.2, -0.15) is 0 Å². The van der Waals surface area contributed by atoms with E-state index in [1.165, 1.54) is 18.6 Å². The van der Waals surface area contributed by atoms with E-state index in [0.717, 1.165) is 5.56 Å². The lowest BCUT2D eigenvalue weighted by atomic mass is 10.0. The summed E-state index contributed by atoms with van der Waals surface area (Å²) in [5.41, 5.74) is 6.67. The summed E-state index contributed by atoms with van der Waals surface area (Å²) in [7, 11) is 0. The Kier molecular flexibility index (Phi) is 4.05. The Morgan fingerprint density at radius 1 is 1.30 bits per heavy atom. The molecule has 0 aliphatic rings. The van der Waals surface area contributed by atoms with Gasteiger partial charge in [-0.3, -0.25) is 14.6 Å². The lowest BCUT2D eigenvalue weighted by Gasteiger charge is -2.14. The molecule has 0 aliphatic heterocycles. The van der Waals surface area contributed by atoms with Gasteiger partial charge in [0.2, 0.25) is 5.91 Å². The van der Waals surface area contributed by atoms with Crippen LogP contribution < -0.4 is 11.1 Å². The van der Waals surface area contributed by atoms with Crippen LogP contribution in [0.1, 0.15) is 39.4 Å². The predicted molar refractivity (Wildman–Crippen MR) is 72.9 cm³/mol. The lowest BCUT2D eigenvalue weighted by Crippen LogP contribution is -2.27. The number of amides is 2. The third-order valence-electron chi connectivity index (χ3n) is 2.81. The molecule has 2 rings (SSSR count). The molecule has 20 heavy (non-hydrogen) atoms. The van der Waals surface area contributed by atoms with Gasteiger partial charge in [0, 0.05) is 18.0 Å². The standard InChI is InChI=1S/C14H14N4O2/c1-9(10-3-2-4-11(7-10)13(15)19)18-14(20)12-8-16-5-6-17-12/h2-9H,1H3,(H2,15,19)(H,18,20). The van der Waals surface area contributed by atoms with E-state index in [9.17, 15) is 9.59 Å². The molecule has 0 fully saturated rings. The largest absolute Gasteiger partial charge is 0.366 e. The fraction of sp³-hybridized carbons (Fsp3) is 0.143. The number of hydrogen-bond donors (Lipinski definition) is 2. The van der Waals surface area contributed by atoms with E-state index >= 15 is 0 Å². The first-order chi connectivity index (χ1) is 9.58. The van der Waals surface area contributed by atoms with Crippen LogP contribution in [0.25, 0.3) is 0 Å². The normalized spacial score (nSPS) is 11.7. The fourth-order valence-corrected chi connectivity index (χ4v) is 1.73. The van der Waals surface area contributed by atoms with Crippen molar-refractivity contribution in [2.75, 3.05) is 0 Å². The first-order valence-corrected chi connectivity index (χ1v) is 6.04. The minimum Gasteiger partial charge on any atom is -0.366 e. The second-order valence-corrected chi connectivity index (χ2v) is 4.28. The molecule has 0 saturated heterocycles. The molecule has 102 valence electrons. The molecule has 0 spiro atoms. The van der Waals surface area contributed by atoms with Crippen LogP contribution >= 0.6 is 0 Å². The lowest BCUT2D eigenvalue weighted by molar-refractivity contribution is 0.0934. The summed E-state index contributed by atoms with van der Waals surface area (Å²) in [5.74, 6) is -0.825. The molecule has 0 bridgehead atoms. The number of primary amides is 1. The van der Waals surface area contributed by atoms with Gasteiger partial charge in [0.1, 0.15) is 5.69 Å². The average Bonchev–Trinajstić information content (AvgIpc) is 2.48. The van der Waals surface area contributed by atoms with E-state index in [2.05, 4.69) is 15.3 Å². The maximum atomic E-state index is 11.9. The van der Waals surface area contributed by atoms with Gasteiger partial charge in [-0.1, -0.05) is 12.1 Å². The number of benzene rings is 1. The van der Waals surface area contributed by atoms with Crippen molar-refractivity contribution in [3.63, 3.8) is 0 Å². The SMILES string of the molecule is CC(NC(=O)c1cnccn1)c1cccc(C(N)=O)c1. The zero-order valence-corrected chi connectivity index (χ0v) is 10.9. The van der Waals surface area contributed by atoms with Crippen LogP contribution in [-0.2, 0) is 0 Å². The highest BCUT2D eigenvalue weighted by Gasteiger charge is 2.13. The number of nitrogens with one attached hydrogen (secondary N) is 1. The second-order valence-electron chi connectivity index (χ2n) is 4.28. The summed E-state index contributed by atoms with van der Waals surface area (Å²) in [6.07, 6.45) is 4.34. The van der Waals surface area contributed by atoms with Gasteiger partial charge >= 0.3 is 0 Å². The predicted octanol–water partition coefficient (Wildman–Crippen LogP) is 1.07. The van der Waals surface area contributed by atoms with Crippen molar-refractivity contribution in [3.05, 3.63) is 59.7 Å². The van der Waals surface area contributed by atoms with Crippen LogP contribution in [0.5, 0.6) is 0 Å². The summed E-state index contributed by atoms with van der Waals surface area (Å²) < 4.78 is 0. The minimum atomic E-state index is -0.501. The molecule has 2 amide bonds. The number of rotatable bonds is 4. The highest BCUT2D eigenvalue weighted by molar-refractivity contribution is 5.93. The van der Waals surface area contributed by atoms with Crippen LogP contribution in [0.2, 0.25) is 0 Å². The van der Waals surface area contributed by atoms with Gasteiger partial charge < -0.3 is 11.1 Å². The average molecular weight is 270 g/mol. The van der Waals surface area contributed by atoms with Gasteiger partial charge in [-0.25, -0.2) is 4.98 Å². The molecular weight excluding hydrogens is 256 g/mol. The molecule has 6 heteroatoms. The Morgan fingerprint density at radius 3 is 2.75 bits per heavy atom. The zero-order chi connectivity index (χ0) is 14.5. The van der Waals surface area contributed by atoms with Crippen LogP contribution in [-0.4, -0.2) is 21.8 Å². The van der Waals surface area contributed by atoms with Crippen molar-refractivity contribution in [1.82, 2.24) is 15.3 Å². The Morgan fingerprint density at radius 2 is 2.10 bits per heavy atom. The number of nitrogens with two attached hydrogens (primary N) is 1. The van der Waals surface area contributed by atoms with E-state index in [-0.39, 0.29) is 17.6 Å². The van der Waals surface area contributed by atoms with Gasteiger partial charge in [-0.15, -0.1) is 0 Å². The minimum absolute atomic E-state index is 0.241. The molecule has 1 atom stereocenters. The molecule has 1 heterocycles. The highest BCUT2D eigenvalue weighted by atomic mass is 16.2. The quantitative estimate of drug-likeness (QED) is 0.868. The maximum absolute atomic E-state index is 11.9. The molecule has 0 saturated carbocycles. The van der Waals surface area contributed by atoms with Crippen molar-refractivity contribution >= 4 is 11.8 Å². The topological polar surface area (TPSA) is 98.0 Å². The Labute approximate surface area is 116 Å². The number of hydrogen-bond acceptors (Lipinski definition) is 4. The summed E-state index contributed by atoms with van der Waals surface area (Å²) in [6.45, 7) is 1.81. The van der Waals surface area contributed by atoms with Crippen molar-refractivity contribution < 1.29 is 9.59 Å². The number of carbonyl (C=O) groups excluding carboxylic acids is 2. The van der Waals surface area contributed by atoms with E-state index in [0.29, 0.717) is 5.56 Å². The van der Waals surface area contributed by atoms with Crippen LogP contribution in [0, 0.1) is 0 Å². The monoisotopic (exact) mass is 270 g/mol. The molecule has 1 unspecified atom stereocenters. The van der Waals surface area contributed by atoms with E-state index < -0.39 is 5.91 Å². The molecule has 1 aromatic carbocycles. The Hall–Kier alpha value is -2.76. The van der Waals surface area contributed by atoms with E-state index in [1.54, 1.807) is 18.2 Å². The van der Waals surface area contributed by atoms with Gasteiger partial charge in [0.05, 0.1) is 12.2 Å². The first-order valence-electron chi connectivity index (χ1n) is 6.04. The smallest absolute Gasteiger partial charge is 0.271 e. The number of carbonyl (C=O) groups is 2. The van der Waals surface area contributed by atoms with Gasteiger partial charge in [-0.05, 0) is 24.6 Å². The van der Waals surface area contributed by atoms with Crippen LogP contribution in [0.15, 0.2) is 42.9 Å². The van der Waals surface area contributed by atoms with Crippen molar-refractivity contribution in [2.45, 2.75) is 13.0 Å². The second kappa shape index (κ2) is 5.92. The molecular formula is C14H14N4O2. The molecule has 2 aromatic rings. The fourth-order valence-electron chi connectivity index (χ4n) is 1.73. The van der Waals surface area contributed by atoms with Crippen LogP contribution in [0.4, 0.5) is 0 Å². The summed E-state index contributed by atoms with van der Waals surface area (Å²) >= 11 is 0. The van der Waals surface area contributed by atoms with E-state index in [1.807, 2.05) is 13.0 Å². The Balaban J connectivity index is 2.12. The molecule has 0 aliphatic carbocycles. The summed E-state index contributed by atoms with van der Waals surface area (Å²) in [6, 6.07) is 6.55. The van der Waals surface area contributed by atoms with Gasteiger partial charge in [0.25, 0.3) is 5.91 Å². The molecule has 3 N–H and O–H groups in total. The highest BCUT2D eigenvalue weighted by Crippen LogP contribution is 2.14. The molecule has 6 nitrogen and oxygen atoms in total. The first kappa shape index (κ1) is 13.7. The molecule has 1 aromatic heterocycles. The van der Waals surface area contributed by atoms with Crippen molar-refractivity contribution in [3.8, 4) is 0 Å². The summed E-state index contributed by atoms with van der Waals surface area (Å²) in [5, 5.41) is 2.79. The maximum Gasteiger partial charge on any atom is 0.271 e. The van der Waals surface area contributed by atoms with Crippen molar-refractivity contribution in [1.29, 1.82) is 0 Å². The number of aromatic nitrogens is 2. The third kappa shape index (κ3) is 3.17. The van der Waals surface area contributed by atoms with Gasteiger partial charge in [0.15, 0.2) is 0 Å². The van der Waals surface area contributed by atoms with Crippen molar-refractivity contribution in [2.24, 2.45) is 5.73 Å². The van der Waals surface area contributed by atoms with E-state index in [4.69, 9.17) is 5.73 Å². The third-order valence-corrected chi connectivity index (χ3v) is 2.81. The number of nitrogens with zero attached hydrogens (tertiary/aromatic N) is 2.